The van der Waals surface area contributed by atoms with Crippen LogP contribution >= 0.6 is 56.7 Å². The van der Waals surface area contributed by atoms with E-state index in [1.807, 2.05) is 60.7 Å². The van der Waals surface area contributed by atoms with Gasteiger partial charge >= 0.3 is 23.9 Å². The van der Waals surface area contributed by atoms with E-state index in [4.69, 9.17) is 0 Å². The van der Waals surface area contributed by atoms with Gasteiger partial charge in [0.1, 0.15) is 0 Å². The van der Waals surface area contributed by atoms with Gasteiger partial charge in [-0.25, -0.2) is 0 Å². The fourth-order valence-electron chi connectivity index (χ4n) is 6.22. The van der Waals surface area contributed by atoms with Crippen LogP contribution in [0.5, 0.6) is 0 Å². The summed E-state index contributed by atoms with van der Waals surface area (Å²) in [6, 6.07) is 31.5. The number of carboxylic acids is 4. The second-order valence-corrected chi connectivity index (χ2v) is 18.1. The SMILES string of the molecule is O=C(O)CCc1cc(-c2ccc(-c3cccc(CC(=O)O)c3)s2)sc1-c1ccc(-c2sc(-c3ccc(-c4cccc(CC(=O)O)c4)s3)cc2CCC(=O)O)s1. The highest BCUT2D eigenvalue weighted by Gasteiger charge is 2.21. The quantitative estimate of drug-likeness (QED) is 0.0752. The van der Waals surface area contributed by atoms with Crippen molar-refractivity contribution in [2.24, 2.45) is 0 Å². The average molecular weight is 825 g/mol. The van der Waals surface area contributed by atoms with Crippen molar-refractivity contribution < 1.29 is 39.6 Å². The molecule has 0 amide bonds. The van der Waals surface area contributed by atoms with E-state index in [-0.39, 0.29) is 25.7 Å². The molecule has 0 spiro atoms. The lowest BCUT2D eigenvalue weighted by molar-refractivity contribution is -0.138. The van der Waals surface area contributed by atoms with Gasteiger partial charge in [-0.05, 0) is 107 Å². The van der Waals surface area contributed by atoms with E-state index >= 15 is 0 Å². The summed E-state index contributed by atoms with van der Waals surface area (Å²) in [4.78, 5) is 56.0. The molecular weight excluding hydrogens is 793 g/mol. The molecule has 0 aliphatic carbocycles. The summed E-state index contributed by atoms with van der Waals surface area (Å²) in [6.45, 7) is 0. The molecule has 0 atom stereocenters. The van der Waals surface area contributed by atoms with Crippen molar-refractivity contribution in [2.75, 3.05) is 0 Å². The predicted octanol–water partition coefficient (Wildman–Crippen LogP) is 11.3. The van der Waals surface area contributed by atoms with E-state index in [1.165, 1.54) is 0 Å². The summed E-state index contributed by atoms with van der Waals surface area (Å²) >= 11 is 8.05. The van der Waals surface area contributed by atoms with Crippen LogP contribution in [0.15, 0.2) is 97.1 Å². The molecule has 8 nitrogen and oxygen atoms in total. The monoisotopic (exact) mass is 824 g/mol. The van der Waals surface area contributed by atoms with Crippen molar-refractivity contribution in [3.63, 3.8) is 0 Å². The minimum atomic E-state index is -0.882. The summed E-state index contributed by atoms with van der Waals surface area (Å²) in [7, 11) is 0. The van der Waals surface area contributed by atoms with E-state index in [2.05, 4.69) is 24.3 Å². The third-order valence-electron chi connectivity index (χ3n) is 8.72. The fourth-order valence-corrected chi connectivity index (χ4v) is 12.1. The Kier molecular flexibility index (Phi) is 11.6. The van der Waals surface area contributed by atoms with Crippen LogP contribution in [-0.2, 0) is 44.9 Å². The minimum Gasteiger partial charge on any atom is -0.481 e. The van der Waals surface area contributed by atoms with E-state index in [9.17, 15) is 39.6 Å². The van der Waals surface area contributed by atoms with E-state index in [0.717, 1.165) is 82.2 Å². The first-order valence-corrected chi connectivity index (χ1v) is 21.2. The zero-order valence-electron chi connectivity index (χ0n) is 28.9. The molecule has 278 valence electrons. The summed E-state index contributed by atoms with van der Waals surface area (Å²) in [5.41, 5.74) is 5.24. The van der Waals surface area contributed by atoms with Gasteiger partial charge in [0, 0.05) is 61.6 Å². The lowest BCUT2D eigenvalue weighted by Crippen LogP contribution is -1.99. The summed E-state index contributed by atoms with van der Waals surface area (Å²) in [6.07, 6.45) is 0.631. The number of hydrogen-bond acceptors (Lipinski definition) is 9. The Hall–Kier alpha value is -5.18. The zero-order chi connectivity index (χ0) is 38.6. The number of carbonyl (C=O) groups is 4. The van der Waals surface area contributed by atoms with Gasteiger partial charge in [-0.15, -0.1) is 56.7 Å². The number of benzene rings is 2. The number of thiophene rings is 5. The highest BCUT2D eigenvalue weighted by molar-refractivity contribution is 7.30. The van der Waals surface area contributed by atoms with Crippen molar-refractivity contribution in [3.8, 4) is 59.9 Å². The molecule has 13 heteroatoms. The van der Waals surface area contributed by atoms with Crippen molar-refractivity contribution in [2.45, 2.75) is 38.5 Å². The molecule has 4 N–H and O–H groups in total. The molecule has 0 aliphatic rings. The Labute approximate surface area is 335 Å². The second-order valence-electron chi connectivity index (χ2n) is 12.8. The topological polar surface area (TPSA) is 149 Å². The first-order chi connectivity index (χ1) is 26.5. The normalized spacial score (nSPS) is 11.2. The Bertz CT molecular complexity index is 2370. The zero-order valence-corrected chi connectivity index (χ0v) is 33.0. The smallest absolute Gasteiger partial charge is 0.307 e. The number of hydrogen-bond donors (Lipinski definition) is 4. The third kappa shape index (κ3) is 9.21. The Balaban J connectivity index is 1.20. The molecule has 0 unspecified atom stereocenters. The average Bonchev–Trinajstić information content (AvgIpc) is 3.99. The van der Waals surface area contributed by atoms with E-state index in [1.54, 1.807) is 68.8 Å². The molecule has 0 saturated heterocycles. The van der Waals surface area contributed by atoms with Crippen LogP contribution in [0.3, 0.4) is 0 Å². The van der Waals surface area contributed by atoms with Crippen molar-refractivity contribution >= 4 is 80.6 Å². The summed E-state index contributed by atoms with van der Waals surface area (Å²) in [5.74, 6) is -3.51. The predicted molar refractivity (Wildman–Crippen MR) is 223 cm³/mol. The molecule has 7 rings (SSSR count). The first-order valence-electron chi connectivity index (χ1n) is 17.1. The maximum absolute atomic E-state index is 11.7. The van der Waals surface area contributed by atoms with Crippen molar-refractivity contribution in [1.29, 1.82) is 0 Å². The Morgan fingerprint density at radius 3 is 1.18 bits per heavy atom. The van der Waals surface area contributed by atoms with Gasteiger partial charge in [0.2, 0.25) is 0 Å². The third-order valence-corrected chi connectivity index (χ3v) is 15.2. The largest absolute Gasteiger partial charge is 0.481 e. The van der Waals surface area contributed by atoms with Crippen LogP contribution < -0.4 is 0 Å². The van der Waals surface area contributed by atoms with Gasteiger partial charge in [0.15, 0.2) is 0 Å². The van der Waals surface area contributed by atoms with Gasteiger partial charge in [-0.3, -0.25) is 19.2 Å². The molecule has 2 aromatic carbocycles. The maximum Gasteiger partial charge on any atom is 0.307 e. The highest BCUT2D eigenvalue weighted by Crippen LogP contribution is 2.49. The second kappa shape index (κ2) is 16.7. The lowest BCUT2D eigenvalue weighted by atomic mass is 10.1. The summed E-state index contributed by atoms with van der Waals surface area (Å²) in [5, 5.41) is 37.6. The van der Waals surface area contributed by atoms with Crippen LogP contribution in [0, 0.1) is 0 Å². The lowest BCUT2D eigenvalue weighted by Gasteiger charge is -2.01. The Morgan fingerprint density at radius 2 is 0.782 bits per heavy atom. The molecule has 0 fully saturated rings. The molecule has 5 aromatic heterocycles. The van der Waals surface area contributed by atoms with Gasteiger partial charge in [0.05, 0.1) is 12.8 Å². The minimum absolute atomic E-state index is 0.00621. The Morgan fingerprint density at radius 1 is 0.400 bits per heavy atom. The number of carboxylic acid groups (broad SMARTS) is 4. The molecule has 0 saturated carbocycles. The van der Waals surface area contributed by atoms with E-state index < -0.39 is 23.9 Å². The maximum atomic E-state index is 11.7. The van der Waals surface area contributed by atoms with Crippen LogP contribution in [0.1, 0.15) is 35.1 Å². The molecule has 0 bridgehead atoms. The molecule has 0 radical (unpaired) electrons. The molecular formula is C42H32O8S5. The standard InChI is InChI=1S/C42H32O8S5/c43-37(44)15-7-27-21-35(31-11-9-29(51-31)25-5-1-3-23(17-25)19-39(47)48)54-41(27)33-13-14-34(53-33)42-28(8-16-38(45)46)22-36(55-42)32-12-10-30(52-32)26-6-2-4-24(18-26)20-40(49)50/h1-6,9-14,17-18,21-22H,7-8,15-16,19-20H2,(H,43,44)(H,45,46)(H,47,48)(H,49,50). The van der Waals surface area contributed by atoms with Crippen LogP contribution in [0.25, 0.3) is 59.9 Å². The van der Waals surface area contributed by atoms with E-state index in [0.29, 0.717) is 12.8 Å². The van der Waals surface area contributed by atoms with Crippen LogP contribution in [0.4, 0.5) is 0 Å². The number of rotatable bonds is 16. The fraction of sp³-hybridized carbons (Fsp3) is 0.143. The number of aryl methyl sites for hydroxylation is 2. The molecule has 5 heterocycles. The van der Waals surface area contributed by atoms with Crippen molar-refractivity contribution in [3.05, 3.63) is 119 Å². The molecule has 0 aliphatic heterocycles. The van der Waals surface area contributed by atoms with Gasteiger partial charge < -0.3 is 20.4 Å². The first kappa shape index (κ1) is 38.1. The van der Waals surface area contributed by atoms with Gasteiger partial charge in [0.25, 0.3) is 0 Å². The molecule has 55 heavy (non-hydrogen) atoms. The van der Waals surface area contributed by atoms with Crippen LogP contribution in [0.2, 0.25) is 0 Å². The van der Waals surface area contributed by atoms with Crippen molar-refractivity contribution in [1.82, 2.24) is 0 Å². The van der Waals surface area contributed by atoms with Gasteiger partial charge in [-0.1, -0.05) is 36.4 Å². The summed E-state index contributed by atoms with van der Waals surface area (Å²) < 4.78 is 0. The number of aliphatic carboxylic acids is 4. The highest BCUT2D eigenvalue weighted by atomic mass is 32.1. The van der Waals surface area contributed by atoms with Crippen LogP contribution in [-0.4, -0.2) is 44.3 Å². The molecule has 7 aromatic rings. The van der Waals surface area contributed by atoms with Gasteiger partial charge in [-0.2, -0.15) is 0 Å².